The van der Waals surface area contributed by atoms with E-state index in [-0.39, 0.29) is 36.4 Å². The molecule has 1 aliphatic rings. The molecular weight excluding hydrogens is 478 g/mol. The van der Waals surface area contributed by atoms with E-state index in [9.17, 15) is 18.0 Å². The molecule has 1 amide bonds. The number of nitrogens with zero attached hydrogens (tertiary/aromatic N) is 3. The maximum Gasteiger partial charge on any atom is 0.325 e. The van der Waals surface area contributed by atoms with Crippen molar-refractivity contribution in [2.45, 2.75) is 24.3 Å². The van der Waals surface area contributed by atoms with Crippen LogP contribution in [-0.2, 0) is 30.9 Å². The highest BCUT2D eigenvalue weighted by atomic mass is 32.2. The molecule has 0 unspecified atom stereocenters. The van der Waals surface area contributed by atoms with Gasteiger partial charge in [0, 0.05) is 19.0 Å². The second-order valence-corrected chi connectivity index (χ2v) is 10.8. The maximum absolute atomic E-state index is 13.0. The van der Waals surface area contributed by atoms with Crippen molar-refractivity contribution in [3.05, 3.63) is 53.3 Å². The highest BCUT2D eigenvalue weighted by Crippen LogP contribution is 2.26. The molecule has 9 nitrogen and oxygen atoms in total. The minimum Gasteiger partial charge on any atom is -0.497 e. The third-order valence-corrected chi connectivity index (χ3v) is 8.78. The van der Waals surface area contributed by atoms with Crippen LogP contribution in [0.2, 0.25) is 0 Å². The lowest BCUT2D eigenvalue weighted by atomic mass is 9.98. The molecule has 11 heteroatoms. The summed E-state index contributed by atoms with van der Waals surface area (Å²) in [6.45, 7) is 0.412. The smallest absolute Gasteiger partial charge is 0.325 e. The summed E-state index contributed by atoms with van der Waals surface area (Å²) in [4.78, 5) is 29.8. The first-order chi connectivity index (χ1) is 16.3. The van der Waals surface area contributed by atoms with E-state index in [1.165, 1.54) is 42.0 Å². The Morgan fingerprint density at radius 1 is 1.06 bits per heavy atom. The molecule has 3 aromatic rings. The van der Waals surface area contributed by atoms with Gasteiger partial charge in [0.2, 0.25) is 10.0 Å². The number of aromatic nitrogens is 1. The lowest BCUT2D eigenvalue weighted by Crippen LogP contribution is -2.40. The zero-order valence-corrected chi connectivity index (χ0v) is 20.5. The van der Waals surface area contributed by atoms with Crippen molar-refractivity contribution >= 4 is 43.5 Å². The van der Waals surface area contributed by atoms with Crippen LogP contribution in [-0.4, -0.2) is 56.5 Å². The van der Waals surface area contributed by atoms with E-state index in [1.54, 1.807) is 16.7 Å². The fraction of sp³-hybridized carbons (Fsp3) is 0.348. The first-order valence-electron chi connectivity index (χ1n) is 10.7. The normalized spacial score (nSPS) is 16.0. The number of fused-ring (bicyclic) bond motifs is 1. The third kappa shape index (κ3) is 4.91. The number of hydrogen-bond acceptors (Lipinski definition) is 7. The Morgan fingerprint density at radius 2 is 1.74 bits per heavy atom. The summed E-state index contributed by atoms with van der Waals surface area (Å²) in [5.41, 5.74) is 0.796. The SMILES string of the molecule is COC(=O)Cn1c(=NC(=O)C2CCN(S(=O)(=O)c3ccc(OC)cc3)CC2)sc2ccccc21. The van der Waals surface area contributed by atoms with Crippen molar-refractivity contribution in [3.8, 4) is 5.75 Å². The predicted octanol–water partition coefficient (Wildman–Crippen LogP) is 2.41. The molecular formula is C23H25N3O6S2. The third-order valence-electron chi connectivity index (χ3n) is 5.81. The van der Waals surface area contributed by atoms with E-state index in [4.69, 9.17) is 9.47 Å². The van der Waals surface area contributed by atoms with Gasteiger partial charge in [0.25, 0.3) is 5.91 Å². The van der Waals surface area contributed by atoms with Gasteiger partial charge in [0.05, 0.1) is 29.3 Å². The number of thiazole rings is 1. The Labute approximate surface area is 201 Å². The molecule has 0 saturated carbocycles. The second kappa shape index (κ2) is 10.1. The Balaban J connectivity index is 1.51. The molecule has 0 atom stereocenters. The Kier molecular flexibility index (Phi) is 7.15. The number of hydrogen-bond donors (Lipinski definition) is 0. The molecule has 1 fully saturated rings. The molecule has 0 spiro atoms. The van der Waals surface area contributed by atoms with Crippen LogP contribution in [0.15, 0.2) is 58.4 Å². The second-order valence-electron chi connectivity index (χ2n) is 7.82. The largest absolute Gasteiger partial charge is 0.497 e. The quantitative estimate of drug-likeness (QED) is 0.478. The molecule has 4 rings (SSSR count). The summed E-state index contributed by atoms with van der Waals surface area (Å²) in [5.74, 6) is -0.559. The van der Waals surface area contributed by atoms with Gasteiger partial charge < -0.3 is 14.0 Å². The molecule has 0 bridgehead atoms. The van der Waals surface area contributed by atoms with Gasteiger partial charge in [-0.1, -0.05) is 23.5 Å². The summed E-state index contributed by atoms with van der Waals surface area (Å²) in [7, 11) is -0.820. The van der Waals surface area contributed by atoms with E-state index >= 15 is 0 Å². The average Bonchev–Trinajstić information content (AvgIpc) is 3.20. The van der Waals surface area contributed by atoms with E-state index < -0.39 is 16.0 Å². The van der Waals surface area contributed by atoms with Crippen LogP contribution >= 0.6 is 11.3 Å². The number of piperidine rings is 1. The number of carbonyl (C=O) groups excluding carboxylic acids is 2. The summed E-state index contributed by atoms with van der Waals surface area (Å²) in [5, 5.41) is 0. The number of amides is 1. The zero-order chi connectivity index (χ0) is 24.3. The Morgan fingerprint density at radius 3 is 2.38 bits per heavy atom. The average molecular weight is 504 g/mol. The molecule has 2 aromatic carbocycles. The number of ether oxygens (including phenoxy) is 2. The molecule has 0 aliphatic carbocycles. The zero-order valence-electron chi connectivity index (χ0n) is 18.8. The van der Waals surface area contributed by atoms with Crippen molar-refractivity contribution in [2.75, 3.05) is 27.3 Å². The van der Waals surface area contributed by atoms with Crippen LogP contribution < -0.4 is 9.54 Å². The summed E-state index contributed by atoms with van der Waals surface area (Å²) in [6.07, 6.45) is 0.749. The standard InChI is InChI=1S/C23H25N3O6S2/c1-31-17-7-9-18(10-8-17)34(29,30)25-13-11-16(12-14-25)22(28)24-23-26(15-21(27)32-2)19-5-3-4-6-20(19)33-23/h3-10,16H,11-15H2,1-2H3. The Hall–Kier alpha value is -3.02. The fourth-order valence-electron chi connectivity index (χ4n) is 3.88. The van der Waals surface area contributed by atoms with Crippen molar-refractivity contribution in [2.24, 2.45) is 10.9 Å². The maximum atomic E-state index is 13.0. The van der Waals surface area contributed by atoms with Crippen LogP contribution in [0, 0.1) is 5.92 Å². The Bertz CT molecular complexity index is 1370. The highest BCUT2D eigenvalue weighted by Gasteiger charge is 2.32. The molecule has 1 saturated heterocycles. The highest BCUT2D eigenvalue weighted by molar-refractivity contribution is 7.89. The monoisotopic (exact) mass is 503 g/mol. The summed E-state index contributed by atoms with van der Waals surface area (Å²) >= 11 is 1.32. The number of esters is 1. The van der Waals surface area contributed by atoms with Crippen LogP contribution in [0.5, 0.6) is 5.75 Å². The van der Waals surface area contributed by atoms with Gasteiger partial charge in [-0.15, -0.1) is 0 Å². The number of para-hydroxylation sites is 1. The number of sulfonamides is 1. The lowest BCUT2D eigenvalue weighted by molar-refractivity contribution is -0.141. The molecule has 0 N–H and O–H groups in total. The van der Waals surface area contributed by atoms with Gasteiger partial charge >= 0.3 is 5.97 Å². The van der Waals surface area contributed by atoms with Gasteiger partial charge in [-0.3, -0.25) is 9.59 Å². The topological polar surface area (TPSA) is 107 Å². The van der Waals surface area contributed by atoms with E-state index in [1.807, 2.05) is 24.3 Å². The number of benzene rings is 2. The van der Waals surface area contributed by atoms with Crippen LogP contribution in [0.1, 0.15) is 12.8 Å². The molecule has 0 radical (unpaired) electrons. The van der Waals surface area contributed by atoms with Crippen LogP contribution in [0.25, 0.3) is 10.2 Å². The molecule has 1 aromatic heterocycles. The van der Waals surface area contributed by atoms with Crippen molar-refractivity contribution in [1.82, 2.24) is 8.87 Å². The van der Waals surface area contributed by atoms with Gasteiger partial charge in [-0.05, 0) is 49.2 Å². The summed E-state index contributed by atoms with van der Waals surface area (Å²) < 4.78 is 39.8. The molecule has 34 heavy (non-hydrogen) atoms. The lowest BCUT2D eigenvalue weighted by Gasteiger charge is -2.29. The number of methoxy groups -OCH3 is 2. The first-order valence-corrected chi connectivity index (χ1v) is 13.0. The number of rotatable bonds is 6. The van der Waals surface area contributed by atoms with E-state index in [0.717, 1.165) is 10.2 Å². The summed E-state index contributed by atoms with van der Waals surface area (Å²) in [6, 6.07) is 13.7. The molecule has 2 heterocycles. The van der Waals surface area contributed by atoms with Gasteiger partial charge in [0.1, 0.15) is 12.3 Å². The van der Waals surface area contributed by atoms with Crippen molar-refractivity contribution in [3.63, 3.8) is 0 Å². The van der Waals surface area contributed by atoms with Crippen LogP contribution in [0.3, 0.4) is 0 Å². The number of carbonyl (C=O) groups is 2. The first kappa shape index (κ1) is 24.1. The van der Waals surface area contributed by atoms with Crippen molar-refractivity contribution < 1.29 is 27.5 Å². The van der Waals surface area contributed by atoms with E-state index in [0.29, 0.717) is 23.4 Å². The van der Waals surface area contributed by atoms with E-state index in [2.05, 4.69) is 4.99 Å². The van der Waals surface area contributed by atoms with Gasteiger partial charge in [0.15, 0.2) is 4.80 Å². The fourth-order valence-corrected chi connectivity index (χ4v) is 6.38. The van der Waals surface area contributed by atoms with Gasteiger partial charge in [-0.25, -0.2) is 8.42 Å². The molecule has 1 aliphatic heterocycles. The predicted molar refractivity (Wildman–Crippen MR) is 127 cm³/mol. The van der Waals surface area contributed by atoms with Crippen LogP contribution in [0.4, 0.5) is 0 Å². The van der Waals surface area contributed by atoms with Gasteiger partial charge in [-0.2, -0.15) is 9.30 Å². The minimum atomic E-state index is -3.65. The van der Waals surface area contributed by atoms with Crippen molar-refractivity contribution in [1.29, 1.82) is 0 Å². The molecule has 180 valence electrons. The minimum absolute atomic E-state index is 0.0504.